The average Bonchev–Trinajstić information content (AvgIpc) is 2.94. The maximum atomic E-state index is 12.7. The molecule has 2 saturated heterocycles. The minimum atomic E-state index is -0.499. The lowest BCUT2D eigenvalue weighted by Gasteiger charge is -2.52. The summed E-state index contributed by atoms with van der Waals surface area (Å²) < 4.78 is 12.3. The Labute approximate surface area is 102 Å². The number of halogens is 1. The fourth-order valence-corrected chi connectivity index (χ4v) is 4.74. The van der Waals surface area contributed by atoms with Gasteiger partial charge in [0.15, 0.2) is 11.4 Å². The smallest absolute Gasteiger partial charge is 0.180 e. The first kappa shape index (κ1) is 9.80. The Morgan fingerprint density at radius 2 is 2.19 bits per heavy atom. The van der Waals surface area contributed by atoms with Crippen LogP contribution in [0.25, 0.3) is 0 Å². The molecule has 0 aromatic rings. The molecule has 2 aliphatic heterocycles. The Morgan fingerprint density at radius 3 is 2.88 bits per heavy atom. The molecule has 2 unspecified atom stereocenters. The summed E-state index contributed by atoms with van der Waals surface area (Å²) in [6.07, 6.45) is 3.10. The molecule has 86 valence electrons. The lowest BCUT2D eigenvalue weighted by molar-refractivity contribution is -0.145. The molecule has 0 aromatic carbocycles. The van der Waals surface area contributed by atoms with Crippen molar-refractivity contribution in [2.45, 2.75) is 18.9 Å². The third kappa shape index (κ3) is 0.783. The van der Waals surface area contributed by atoms with E-state index in [0.29, 0.717) is 19.8 Å². The number of ether oxygens (including phenoxy) is 2. The second-order valence-corrected chi connectivity index (χ2v) is 6.73. The van der Waals surface area contributed by atoms with E-state index in [2.05, 4.69) is 28.9 Å². The molecule has 0 N–H and O–H groups in total. The maximum absolute atomic E-state index is 12.7. The zero-order valence-electron chi connectivity index (χ0n) is 9.09. The van der Waals surface area contributed by atoms with Crippen molar-refractivity contribution < 1.29 is 14.3 Å². The molecular formula is C12H13BrO3. The van der Waals surface area contributed by atoms with Crippen molar-refractivity contribution in [1.29, 1.82) is 0 Å². The van der Waals surface area contributed by atoms with E-state index in [-0.39, 0.29) is 17.1 Å². The molecule has 3 aliphatic carbocycles. The molecule has 4 atom stereocenters. The van der Waals surface area contributed by atoms with E-state index in [1.54, 1.807) is 0 Å². The fraction of sp³-hybridized carbons (Fsp3) is 0.750. The Kier molecular flexibility index (Phi) is 1.51. The predicted octanol–water partition coefficient (Wildman–Crippen LogP) is 1.66. The summed E-state index contributed by atoms with van der Waals surface area (Å²) in [5, 5.41) is 0. The molecule has 3 fully saturated rings. The Balaban J connectivity index is 1.98. The molecule has 1 saturated carbocycles. The standard InChI is InChI=1S/C12H13BrO3/c1-10-2-7-8(13)3-11(10,5-15-4-10)9(14)12(7)6-16-12/h3,7H,2,4-6H2,1H3/t7?,10-,11?,12+/m1/s1. The van der Waals surface area contributed by atoms with Gasteiger partial charge < -0.3 is 9.47 Å². The van der Waals surface area contributed by atoms with Gasteiger partial charge in [-0.15, -0.1) is 0 Å². The van der Waals surface area contributed by atoms with Gasteiger partial charge in [-0.25, -0.2) is 0 Å². The van der Waals surface area contributed by atoms with Crippen LogP contribution >= 0.6 is 15.9 Å². The van der Waals surface area contributed by atoms with Crippen LogP contribution in [-0.2, 0) is 14.3 Å². The highest BCUT2D eigenvalue weighted by Crippen LogP contribution is 2.67. The summed E-state index contributed by atoms with van der Waals surface area (Å²) in [6, 6.07) is 0. The Bertz CT molecular complexity index is 440. The van der Waals surface area contributed by atoms with Crippen LogP contribution in [0.2, 0.25) is 0 Å². The number of rotatable bonds is 0. The van der Waals surface area contributed by atoms with Crippen molar-refractivity contribution in [2.24, 2.45) is 16.7 Å². The first-order chi connectivity index (χ1) is 7.54. The van der Waals surface area contributed by atoms with E-state index in [1.165, 1.54) is 0 Å². The van der Waals surface area contributed by atoms with Crippen LogP contribution in [0.5, 0.6) is 0 Å². The van der Waals surface area contributed by atoms with Gasteiger partial charge in [-0.1, -0.05) is 28.9 Å². The molecule has 5 aliphatic rings. The van der Waals surface area contributed by atoms with Gasteiger partial charge in [0.1, 0.15) is 0 Å². The number of hydrogen-bond donors (Lipinski definition) is 0. The summed E-state index contributed by atoms with van der Waals surface area (Å²) in [6.45, 7) is 3.99. The van der Waals surface area contributed by atoms with Gasteiger partial charge in [0.25, 0.3) is 0 Å². The summed E-state index contributed by atoms with van der Waals surface area (Å²) >= 11 is 3.62. The van der Waals surface area contributed by atoms with E-state index in [9.17, 15) is 4.79 Å². The van der Waals surface area contributed by atoms with Gasteiger partial charge in [0, 0.05) is 11.3 Å². The van der Waals surface area contributed by atoms with Gasteiger partial charge in [0.2, 0.25) is 0 Å². The summed E-state index contributed by atoms with van der Waals surface area (Å²) in [5.74, 6) is 0.480. The van der Waals surface area contributed by atoms with Gasteiger partial charge in [0.05, 0.1) is 25.2 Å². The molecule has 16 heavy (non-hydrogen) atoms. The normalized spacial score (nSPS) is 57.8. The molecule has 5 rings (SSSR count). The number of hydrogen-bond acceptors (Lipinski definition) is 3. The molecule has 0 radical (unpaired) electrons. The zero-order chi connectivity index (χ0) is 11.2. The SMILES string of the molecule is C[C@@]12COCC13C=C(Br)C(C2)[C@@]1(CO1)C3=O. The van der Waals surface area contributed by atoms with E-state index in [1.807, 2.05) is 0 Å². The van der Waals surface area contributed by atoms with Crippen molar-refractivity contribution in [3.8, 4) is 0 Å². The highest BCUT2D eigenvalue weighted by atomic mass is 79.9. The van der Waals surface area contributed by atoms with Crippen LogP contribution in [-0.4, -0.2) is 31.2 Å². The van der Waals surface area contributed by atoms with Crippen molar-refractivity contribution in [2.75, 3.05) is 19.8 Å². The summed E-state index contributed by atoms with van der Waals surface area (Å²) in [7, 11) is 0. The van der Waals surface area contributed by atoms with Crippen molar-refractivity contribution in [3.05, 3.63) is 10.6 Å². The maximum Gasteiger partial charge on any atom is 0.180 e. The van der Waals surface area contributed by atoms with Crippen molar-refractivity contribution >= 4 is 21.7 Å². The molecule has 2 heterocycles. The van der Waals surface area contributed by atoms with Crippen LogP contribution in [0.4, 0.5) is 0 Å². The molecule has 0 aromatic heterocycles. The third-order valence-corrected chi connectivity index (χ3v) is 5.79. The second kappa shape index (κ2) is 2.47. The lowest BCUT2D eigenvalue weighted by Crippen LogP contribution is -2.61. The number of carbonyl (C=O) groups is 1. The van der Waals surface area contributed by atoms with Gasteiger partial charge in [-0.05, 0) is 10.9 Å². The Hall–Kier alpha value is -0.190. The minimum Gasteiger partial charge on any atom is -0.379 e. The van der Waals surface area contributed by atoms with Gasteiger partial charge in [-0.2, -0.15) is 0 Å². The molecule has 4 heteroatoms. The molecule has 2 spiro atoms. The third-order valence-electron chi connectivity index (χ3n) is 5.01. The van der Waals surface area contributed by atoms with Crippen molar-refractivity contribution in [1.82, 2.24) is 0 Å². The van der Waals surface area contributed by atoms with Gasteiger partial charge in [-0.3, -0.25) is 4.79 Å². The number of carbonyl (C=O) groups excluding carboxylic acids is 1. The van der Waals surface area contributed by atoms with Crippen LogP contribution in [0.1, 0.15) is 13.3 Å². The first-order valence-corrected chi connectivity index (χ1v) is 6.48. The second-order valence-electron chi connectivity index (χ2n) is 5.82. The van der Waals surface area contributed by atoms with Crippen LogP contribution in [0.3, 0.4) is 0 Å². The van der Waals surface area contributed by atoms with E-state index in [0.717, 1.165) is 10.9 Å². The van der Waals surface area contributed by atoms with E-state index in [4.69, 9.17) is 9.47 Å². The average molecular weight is 285 g/mol. The molecular weight excluding hydrogens is 272 g/mol. The summed E-state index contributed by atoms with van der Waals surface area (Å²) in [5.41, 5.74) is -0.957. The Morgan fingerprint density at radius 1 is 1.44 bits per heavy atom. The molecule has 3 nitrogen and oxygen atoms in total. The van der Waals surface area contributed by atoms with Crippen LogP contribution in [0.15, 0.2) is 10.6 Å². The lowest BCUT2D eigenvalue weighted by atomic mass is 9.49. The minimum absolute atomic E-state index is 0.0246. The number of ketones is 1. The fourth-order valence-electron chi connectivity index (χ4n) is 3.82. The predicted molar refractivity (Wildman–Crippen MR) is 60.2 cm³/mol. The van der Waals surface area contributed by atoms with Crippen LogP contribution in [0, 0.1) is 16.7 Å². The highest BCUT2D eigenvalue weighted by molar-refractivity contribution is 9.11. The topological polar surface area (TPSA) is 38.8 Å². The van der Waals surface area contributed by atoms with Crippen molar-refractivity contribution in [3.63, 3.8) is 0 Å². The molecule has 2 bridgehead atoms. The van der Waals surface area contributed by atoms with E-state index >= 15 is 0 Å². The number of Topliss-reactive ketones (excluding diaryl/α,β-unsaturated/α-hetero) is 1. The van der Waals surface area contributed by atoms with Gasteiger partial charge >= 0.3 is 0 Å². The highest BCUT2D eigenvalue weighted by Gasteiger charge is 2.76. The molecule has 0 amide bonds. The van der Waals surface area contributed by atoms with Crippen LogP contribution < -0.4 is 0 Å². The largest absolute Gasteiger partial charge is 0.379 e. The monoisotopic (exact) mass is 284 g/mol. The van der Waals surface area contributed by atoms with E-state index < -0.39 is 11.0 Å². The number of epoxide rings is 1. The first-order valence-electron chi connectivity index (χ1n) is 5.69. The summed E-state index contributed by atoms with van der Waals surface area (Å²) in [4.78, 5) is 12.7. The zero-order valence-corrected chi connectivity index (χ0v) is 10.7. The quantitative estimate of drug-likeness (QED) is 0.635.